The fourth-order valence-electron chi connectivity index (χ4n) is 3.60. The smallest absolute Gasteiger partial charge is 0.366 e. The number of benzene rings is 3. The first-order valence-corrected chi connectivity index (χ1v) is 8.43. The van der Waals surface area contributed by atoms with Crippen molar-refractivity contribution in [1.82, 2.24) is 4.57 Å². The van der Waals surface area contributed by atoms with E-state index in [0.29, 0.717) is 21.8 Å². The minimum Gasteiger partial charge on any atom is -0.366 e. The van der Waals surface area contributed by atoms with Crippen molar-refractivity contribution >= 4 is 27.7 Å². The minimum absolute atomic E-state index is 0.0719. The highest BCUT2D eigenvalue weighted by Crippen LogP contribution is 2.36. The van der Waals surface area contributed by atoms with Crippen LogP contribution < -0.4 is 5.73 Å². The number of nitrogens with zero attached hydrogens (tertiary/aromatic N) is 1. The van der Waals surface area contributed by atoms with E-state index < -0.39 is 23.5 Å². The zero-order valence-corrected chi connectivity index (χ0v) is 14.4. The fraction of sp³-hybridized carbons (Fsp3) is 0.0952. The third-order valence-electron chi connectivity index (χ3n) is 4.77. The Morgan fingerprint density at radius 1 is 0.964 bits per heavy atom. The van der Waals surface area contributed by atoms with E-state index in [0.717, 1.165) is 6.07 Å². The Bertz CT molecular complexity index is 1220. The Hall–Kier alpha value is -3.35. The molecular formula is C21H14F4N2O. The van der Waals surface area contributed by atoms with Gasteiger partial charge in [-0.05, 0) is 42.0 Å². The quantitative estimate of drug-likeness (QED) is 0.490. The Kier molecular flexibility index (Phi) is 4.10. The molecular weight excluding hydrogens is 372 g/mol. The van der Waals surface area contributed by atoms with Crippen molar-refractivity contribution in [2.75, 3.05) is 0 Å². The van der Waals surface area contributed by atoms with E-state index in [1.807, 2.05) is 0 Å². The van der Waals surface area contributed by atoms with E-state index in [-0.39, 0.29) is 17.7 Å². The van der Waals surface area contributed by atoms with Crippen molar-refractivity contribution in [3.8, 4) is 0 Å². The molecule has 2 N–H and O–H groups in total. The summed E-state index contributed by atoms with van der Waals surface area (Å²) in [6.07, 6.45) is -4.50. The van der Waals surface area contributed by atoms with Crippen molar-refractivity contribution in [3.05, 3.63) is 83.2 Å². The lowest BCUT2D eigenvalue weighted by molar-refractivity contribution is -0.138. The van der Waals surface area contributed by atoms with E-state index in [1.165, 1.54) is 42.5 Å². The highest BCUT2D eigenvalue weighted by atomic mass is 19.4. The second-order valence-corrected chi connectivity index (χ2v) is 6.47. The molecule has 1 amide bonds. The van der Waals surface area contributed by atoms with Gasteiger partial charge in [0, 0.05) is 28.4 Å². The SMILES string of the molecule is NC(=O)c1cccc2c1c1cc(F)ccc1n2Cc1ccccc1C(F)(F)F. The summed E-state index contributed by atoms with van der Waals surface area (Å²) in [5.41, 5.74) is 6.01. The zero-order valence-electron chi connectivity index (χ0n) is 14.4. The molecule has 0 aliphatic rings. The van der Waals surface area contributed by atoms with Crippen LogP contribution >= 0.6 is 0 Å². The van der Waals surface area contributed by atoms with E-state index in [9.17, 15) is 22.4 Å². The summed E-state index contributed by atoms with van der Waals surface area (Å²) < 4.78 is 55.7. The van der Waals surface area contributed by atoms with Crippen molar-refractivity contribution in [2.45, 2.75) is 12.7 Å². The maximum Gasteiger partial charge on any atom is 0.416 e. The normalized spacial score (nSPS) is 12.0. The number of hydrogen-bond acceptors (Lipinski definition) is 1. The lowest BCUT2D eigenvalue weighted by Crippen LogP contribution is -2.12. The predicted octanol–water partition coefficient (Wildman–Crippen LogP) is 5.10. The summed E-state index contributed by atoms with van der Waals surface area (Å²) in [6.45, 7) is -0.0937. The van der Waals surface area contributed by atoms with E-state index >= 15 is 0 Å². The second-order valence-electron chi connectivity index (χ2n) is 6.47. The molecule has 0 atom stereocenters. The largest absolute Gasteiger partial charge is 0.416 e. The highest BCUT2D eigenvalue weighted by Gasteiger charge is 2.33. The first kappa shape index (κ1) is 18.0. The Morgan fingerprint density at radius 2 is 1.71 bits per heavy atom. The number of fused-ring (bicyclic) bond motifs is 3. The Balaban J connectivity index is 2.03. The predicted molar refractivity (Wildman–Crippen MR) is 98.5 cm³/mol. The summed E-state index contributed by atoms with van der Waals surface area (Å²) in [7, 11) is 0. The Morgan fingerprint density at radius 3 is 2.43 bits per heavy atom. The average Bonchev–Trinajstić information content (AvgIpc) is 2.94. The maximum atomic E-state index is 13.9. The highest BCUT2D eigenvalue weighted by molar-refractivity contribution is 6.17. The number of amides is 1. The summed E-state index contributed by atoms with van der Waals surface area (Å²) in [5.74, 6) is -1.20. The number of carbonyl (C=O) groups excluding carboxylic acids is 1. The minimum atomic E-state index is -4.50. The zero-order chi connectivity index (χ0) is 20.1. The number of nitrogens with two attached hydrogens (primary N) is 1. The van der Waals surface area contributed by atoms with Gasteiger partial charge >= 0.3 is 6.18 Å². The molecule has 7 heteroatoms. The molecule has 1 heterocycles. The molecule has 0 radical (unpaired) electrons. The van der Waals surface area contributed by atoms with E-state index in [1.54, 1.807) is 16.7 Å². The van der Waals surface area contributed by atoms with Gasteiger partial charge < -0.3 is 10.3 Å². The first-order valence-electron chi connectivity index (χ1n) is 8.43. The second kappa shape index (κ2) is 6.37. The molecule has 0 unspecified atom stereocenters. The number of rotatable bonds is 3. The van der Waals surface area contributed by atoms with Crippen molar-refractivity contribution in [1.29, 1.82) is 0 Å². The molecule has 0 fully saturated rings. The van der Waals surface area contributed by atoms with Crippen LogP contribution in [0.25, 0.3) is 21.8 Å². The van der Waals surface area contributed by atoms with Gasteiger partial charge in [-0.2, -0.15) is 13.2 Å². The summed E-state index contributed by atoms with van der Waals surface area (Å²) >= 11 is 0. The molecule has 4 aromatic rings. The standard InChI is InChI=1S/C21H14F4N2O/c22-13-8-9-17-15(10-13)19-14(20(26)28)5-3-7-18(19)27(17)11-12-4-1-2-6-16(12)21(23,24)25/h1-10H,11H2,(H2,26,28). The fourth-order valence-corrected chi connectivity index (χ4v) is 3.60. The van der Waals surface area contributed by atoms with Crippen LogP contribution in [0.2, 0.25) is 0 Å². The number of carbonyl (C=O) groups is 1. The van der Waals surface area contributed by atoms with Gasteiger partial charge in [0.2, 0.25) is 5.91 Å². The summed E-state index contributed by atoms with van der Waals surface area (Å²) in [6, 6.07) is 14.1. The molecule has 3 nitrogen and oxygen atoms in total. The van der Waals surface area contributed by atoms with Crippen LogP contribution in [-0.4, -0.2) is 10.5 Å². The molecule has 0 saturated heterocycles. The van der Waals surface area contributed by atoms with E-state index in [2.05, 4.69) is 0 Å². The molecule has 3 aromatic carbocycles. The van der Waals surface area contributed by atoms with Crippen LogP contribution in [0.15, 0.2) is 60.7 Å². The van der Waals surface area contributed by atoms with Crippen molar-refractivity contribution in [2.24, 2.45) is 5.73 Å². The molecule has 4 rings (SSSR count). The van der Waals surface area contributed by atoms with Gasteiger partial charge in [0.15, 0.2) is 0 Å². The lowest BCUT2D eigenvalue weighted by Gasteiger charge is -2.14. The monoisotopic (exact) mass is 386 g/mol. The molecule has 28 heavy (non-hydrogen) atoms. The van der Waals surface area contributed by atoms with Gasteiger partial charge in [-0.25, -0.2) is 4.39 Å². The maximum absolute atomic E-state index is 13.9. The van der Waals surface area contributed by atoms with Gasteiger partial charge in [0.1, 0.15) is 5.82 Å². The van der Waals surface area contributed by atoms with Crippen molar-refractivity contribution < 1.29 is 22.4 Å². The van der Waals surface area contributed by atoms with Gasteiger partial charge in [-0.3, -0.25) is 4.79 Å². The first-order chi connectivity index (χ1) is 13.3. The molecule has 0 aliphatic carbocycles. The number of hydrogen-bond donors (Lipinski definition) is 1. The van der Waals surface area contributed by atoms with Crippen LogP contribution in [0.5, 0.6) is 0 Å². The molecule has 0 saturated carbocycles. The van der Waals surface area contributed by atoms with Crippen LogP contribution in [0, 0.1) is 5.82 Å². The van der Waals surface area contributed by atoms with Gasteiger partial charge in [0.25, 0.3) is 0 Å². The van der Waals surface area contributed by atoms with Gasteiger partial charge in [0.05, 0.1) is 11.1 Å². The number of aromatic nitrogens is 1. The van der Waals surface area contributed by atoms with E-state index in [4.69, 9.17) is 5.73 Å². The molecule has 1 aromatic heterocycles. The van der Waals surface area contributed by atoms with Crippen LogP contribution in [0.1, 0.15) is 21.5 Å². The average molecular weight is 386 g/mol. The van der Waals surface area contributed by atoms with Gasteiger partial charge in [-0.15, -0.1) is 0 Å². The number of alkyl halides is 3. The molecule has 0 aliphatic heterocycles. The lowest BCUT2D eigenvalue weighted by atomic mass is 10.1. The topological polar surface area (TPSA) is 48.0 Å². The van der Waals surface area contributed by atoms with Crippen molar-refractivity contribution in [3.63, 3.8) is 0 Å². The summed E-state index contributed by atoms with van der Waals surface area (Å²) in [4.78, 5) is 11.9. The summed E-state index contributed by atoms with van der Waals surface area (Å²) in [5, 5.41) is 0.850. The molecule has 0 spiro atoms. The number of primary amides is 1. The van der Waals surface area contributed by atoms with Crippen LogP contribution in [0.3, 0.4) is 0 Å². The third-order valence-corrected chi connectivity index (χ3v) is 4.77. The van der Waals surface area contributed by atoms with Crippen LogP contribution in [0.4, 0.5) is 17.6 Å². The molecule has 142 valence electrons. The molecule has 0 bridgehead atoms. The van der Waals surface area contributed by atoms with Gasteiger partial charge in [-0.1, -0.05) is 24.3 Å². The third kappa shape index (κ3) is 2.89. The Labute approximate surface area is 157 Å². The van der Waals surface area contributed by atoms with Crippen LogP contribution in [-0.2, 0) is 12.7 Å². The number of halogens is 4.